The summed E-state index contributed by atoms with van der Waals surface area (Å²) in [7, 11) is 0. The minimum atomic E-state index is 1.08. The van der Waals surface area contributed by atoms with Gasteiger partial charge in [0.2, 0.25) is 0 Å². The summed E-state index contributed by atoms with van der Waals surface area (Å²) in [5.74, 6) is 6.57. The molecule has 0 aliphatic carbocycles. The summed E-state index contributed by atoms with van der Waals surface area (Å²) in [4.78, 5) is 0. The van der Waals surface area contributed by atoms with Crippen LogP contribution < -0.4 is 0 Å². The molecule has 2 aromatic rings. The van der Waals surface area contributed by atoms with Gasteiger partial charge in [-0.2, -0.15) is 0 Å². The van der Waals surface area contributed by atoms with Crippen LogP contribution in [-0.4, -0.2) is 0 Å². The first kappa shape index (κ1) is 14.4. The quantitative estimate of drug-likeness (QED) is 0.512. The summed E-state index contributed by atoms with van der Waals surface area (Å²) in [6.07, 6.45) is 6.34. The molecule has 2 rings (SSSR count). The lowest BCUT2D eigenvalue weighted by Gasteiger charge is -2.04. The van der Waals surface area contributed by atoms with Gasteiger partial charge in [-0.15, -0.1) is 0 Å². The molecular weight excluding hydrogens is 240 g/mol. The molecule has 0 nitrogen and oxygen atoms in total. The Hall–Kier alpha value is -2.00. The van der Waals surface area contributed by atoms with Crippen LogP contribution in [0.15, 0.2) is 54.6 Å². The highest BCUT2D eigenvalue weighted by atomic mass is 14.0. The van der Waals surface area contributed by atoms with Crippen molar-refractivity contribution in [1.82, 2.24) is 0 Å². The molecule has 0 radical (unpaired) electrons. The molecule has 0 spiro atoms. The highest BCUT2D eigenvalue weighted by molar-refractivity contribution is 5.46. The maximum atomic E-state index is 3.32. The third-order valence-electron chi connectivity index (χ3n) is 3.43. The predicted octanol–water partition coefficient (Wildman–Crippen LogP) is 5.21. The Balaban J connectivity index is 2.06. The molecule has 0 unspecified atom stereocenters. The van der Waals surface area contributed by atoms with E-state index in [2.05, 4.69) is 55.2 Å². The van der Waals surface area contributed by atoms with Gasteiger partial charge in [-0.05, 0) is 36.6 Å². The molecule has 0 saturated carbocycles. The Morgan fingerprint density at radius 3 is 2.30 bits per heavy atom. The molecule has 0 saturated heterocycles. The summed E-state index contributed by atoms with van der Waals surface area (Å²) >= 11 is 0. The lowest BCUT2D eigenvalue weighted by atomic mass is 10.0. The van der Waals surface area contributed by atoms with Crippen molar-refractivity contribution in [3.05, 3.63) is 71.3 Å². The summed E-state index contributed by atoms with van der Waals surface area (Å²) in [6, 6.07) is 18.7. The van der Waals surface area contributed by atoms with Crippen LogP contribution in [0.5, 0.6) is 0 Å². The van der Waals surface area contributed by atoms with E-state index in [0.29, 0.717) is 0 Å². The SMILES string of the molecule is CCCCCCc1ccccc1C#Cc1ccccc1. The Morgan fingerprint density at radius 1 is 0.750 bits per heavy atom. The normalized spacial score (nSPS) is 9.85. The summed E-state index contributed by atoms with van der Waals surface area (Å²) in [5.41, 5.74) is 3.63. The van der Waals surface area contributed by atoms with E-state index in [-0.39, 0.29) is 0 Å². The van der Waals surface area contributed by atoms with Crippen LogP contribution in [0, 0.1) is 11.8 Å². The lowest BCUT2D eigenvalue weighted by molar-refractivity contribution is 0.666. The van der Waals surface area contributed by atoms with Crippen LogP contribution in [0.1, 0.15) is 49.3 Å². The van der Waals surface area contributed by atoms with Gasteiger partial charge in [-0.25, -0.2) is 0 Å². The third-order valence-corrected chi connectivity index (χ3v) is 3.43. The first-order valence-corrected chi connectivity index (χ1v) is 7.55. The fourth-order valence-electron chi connectivity index (χ4n) is 2.26. The van der Waals surface area contributed by atoms with Gasteiger partial charge in [0, 0.05) is 11.1 Å². The van der Waals surface area contributed by atoms with E-state index in [9.17, 15) is 0 Å². The van der Waals surface area contributed by atoms with Gasteiger partial charge >= 0.3 is 0 Å². The van der Waals surface area contributed by atoms with Crippen LogP contribution in [0.3, 0.4) is 0 Å². The summed E-state index contributed by atoms with van der Waals surface area (Å²) in [6.45, 7) is 2.25. The van der Waals surface area contributed by atoms with Crippen LogP contribution in [-0.2, 0) is 6.42 Å². The van der Waals surface area contributed by atoms with E-state index in [1.165, 1.54) is 36.8 Å². The minimum absolute atomic E-state index is 1.08. The number of rotatable bonds is 5. The standard InChI is InChI=1S/C20H22/c1-2-3-4-8-13-19-14-9-10-15-20(19)17-16-18-11-6-5-7-12-18/h5-7,9-12,14-15H,2-4,8,13H2,1H3. The fraction of sp³-hybridized carbons (Fsp3) is 0.300. The molecular formula is C20H22. The molecule has 0 aliphatic rings. The molecule has 0 N–H and O–H groups in total. The van der Waals surface area contributed by atoms with Gasteiger partial charge in [0.1, 0.15) is 0 Å². The van der Waals surface area contributed by atoms with E-state index < -0.39 is 0 Å². The molecule has 102 valence electrons. The van der Waals surface area contributed by atoms with Crippen LogP contribution in [0.2, 0.25) is 0 Å². The van der Waals surface area contributed by atoms with E-state index in [0.717, 1.165) is 12.0 Å². The zero-order valence-electron chi connectivity index (χ0n) is 12.2. The van der Waals surface area contributed by atoms with Gasteiger partial charge in [-0.1, -0.05) is 74.4 Å². The van der Waals surface area contributed by atoms with Crippen molar-refractivity contribution in [2.24, 2.45) is 0 Å². The molecule has 0 atom stereocenters. The molecule has 0 amide bonds. The molecule has 0 fully saturated rings. The third kappa shape index (κ3) is 4.59. The van der Waals surface area contributed by atoms with Gasteiger partial charge < -0.3 is 0 Å². The Labute approximate surface area is 122 Å². The van der Waals surface area contributed by atoms with Crippen LogP contribution in [0.25, 0.3) is 0 Å². The summed E-state index contributed by atoms with van der Waals surface area (Å²) in [5, 5.41) is 0. The van der Waals surface area contributed by atoms with Crippen LogP contribution in [0.4, 0.5) is 0 Å². The number of hydrogen-bond donors (Lipinski definition) is 0. The van der Waals surface area contributed by atoms with E-state index in [4.69, 9.17) is 0 Å². The van der Waals surface area contributed by atoms with E-state index >= 15 is 0 Å². The van der Waals surface area contributed by atoms with E-state index in [1.807, 2.05) is 18.2 Å². The average molecular weight is 262 g/mol. The minimum Gasteiger partial charge on any atom is -0.0654 e. The van der Waals surface area contributed by atoms with Gasteiger partial charge in [-0.3, -0.25) is 0 Å². The monoisotopic (exact) mass is 262 g/mol. The average Bonchev–Trinajstić information content (AvgIpc) is 2.51. The van der Waals surface area contributed by atoms with Crippen molar-refractivity contribution in [2.45, 2.75) is 39.0 Å². The second-order valence-electron chi connectivity index (χ2n) is 5.08. The van der Waals surface area contributed by atoms with Crippen molar-refractivity contribution in [2.75, 3.05) is 0 Å². The highest BCUT2D eigenvalue weighted by Crippen LogP contribution is 2.12. The number of aryl methyl sites for hydroxylation is 1. The first-order valence-electron chi connectivity index (χ1n) is 7.55. The molecule has 0 aromatic heterocycles. The largest absolute Gasteiger partial charge is 0.0654 e. The van der Waals surface area contributed by atoms with E-state index in [1.54, 1.807) is 0 Å². The second-order valence-corrected chi connectivity index (χ2v) is 5.08. The zero-order chi connectivity index (χ0) is 14.0. The second kappa shape index (κ2) is 8.23. The topological polar surface area (TPSA) is 0 Å². The van der Waals surface area contributed by atoms with Crippen molar-refractivity contribution in [3.8, 4) is 11.8 Å². The number of benzene rings is 2. The zero-order valence-corrected chi connectivity index (χ0v) is 12.2. The maximum Gasteiger partial charge on any atom is 0.0281 e. The Bertz CT molecular complexity index is 570. The molecule has 0 bridgehead atoms. The first-order chi connectivity index (χ1) is 9.90. The van der Waals surface area contributed by atoms with Crippen molar-refractivity contribution in [3.63, 3.8) is 0 Å². The highest BCUT2D eigenvalue weighted by Gasteiger charge is 1.98. The number of unbranched alkanes of at least 4 members (excludes halogenated alkanes) is 3. The lowest BCUT2D eigenvalue weighted by Crippen LogP contribution is -1.90. The Morgan fingerprint density at radius 2 is 1.50 bits per heavy atom. The molecule has 0 heterocycles. The molecule has 2 aromatic carbocycles. The fourth-order valence-corrected chi connectivity index (χ4v) is 2.26. The predicted molar refractivity (Wildman–Crippen MR) is 86.7 cm³/mol. The molecule has 0 heteroatoms. The maximum absolute atomic E-state index is 3.32. The van der Waals surface area contributed by atoms with Gasteiger partial charge in [0.05, 0.1) is 0 Å². The van der Waals surface area contributed by atoms with Crippen LogP contribution >= 0.6 is 0 Å². The van der Waals surface area contributed by atoms with Crippen molar-refractivity contribution in [1.29, 1.82) is 0 Å². The molecule has 0 aliphatic heterocycles. The Kier molecular flexibility index (Phi) is 5.93. The van der Waals surface area contributed by atoms with Crippen molar-refractivity contribution >= 4 is 0 Å². The number of hydrogen-bond acceptors (Lipinski definition) is 0. The smallest absolute Gasteiger partial charge is 0.0281 e. The van der Waals surface area contributed by atoms with Gasteiger partial charge in [0.15, 0.2) is 0 Å². The van der Waals surface area contributed by atoms with Crippen molar-refractivity contribution < 1.29 is 0 Å². The van der Waals surface area contributed by atoms with Gasteiger partial charge in [0.25, 0.3) is 0 Å². The summed E-state index contributed by atoms with van der Waals surface area (Å²) < 4.78 is 0. The molecule has 20 heavy (non-hydrogen) atoms.